The zero-order valence-corrected chi connectivity index (χ0v) is 19.8. The molecule has 0 bridgehead atoms. The number of piperazine rings is 1. The van der Waals surface area contributed by atoms with Crippen LogP contribution in [0.5, 0.6) is 11.5 Å². The van der Waals surface area contributed by atoms with E-state index in [1.807, 2.05) is 6.07 Å². The second-order valence-electron chi connectivity index (χ2n) is 7.95. The fourth-order valence-corrected chi connectivity index (χ4v) is 4.10. The summed E-state index contributed by atoms with van der Waals surface area (Å²) in [4.78, 5) is 28.9. The van der Waals surface area contributed by atoms with Gasteiger partial charge in [0.05, 0.1) is 10.6 Å². The van der Waals surface area contributed by atoms with E-state index in [4.69, 9.17) is 27.9 Å². The van der Waals surface area contributed by atoms with Gasteiger partial charge in [0.1, 0.15) is 17.7 Å². The van der Waals surface area contributed by atoms with Crippen molar-refractivity contribution in [3.8, 4) is 11.5 Å². The van der Waals surface area contributed by atoms with Crippen molar-refractivity contribution in [1.29, 1.82) is 0 Å². The van der Waals surface area contributed by atoms with Crippen LogP contribution in [0.25, 0.3) is 0 Å². The lowest BCUT2D eigenvalue weighted by Crippen LogP contribution is -2.45. The van der Waals surface area contributed by atoms with Crippen LogP contribution in [0.15, 0.2) is 36.4 Å². The maximum absolute atomic E-state index is 12.7. The maximum Gasteiger partial charge on any atom is 0.326 e. The highest BCUT2D eigenvalue weighted by Crippen LogP contribution is 2.42. The Morgan fingerprint density at radius 3 is 2.45 bits per heavy atom. The number of halogens is 2. The van der Waals surface area contributed by atoms with Crippen LogP contribution in [-0.2, 0) is 11.2 Å². The molecule has 1 saturated heterocycles. The first-order valence-corrected chi connectivity index (χ1v) is 11.3. The molecule has 1 unspecified atom stereocenters. The molecule has 0 spiro atoms. The normalized spacial score (nSPS) is 15.7. The lowest BCUT2D eigenvalue weighted by Gasteiger charge is -2.32. The predicted octanol–water partition coefficient (Wildman–Crippen LogP) is 2.75. The summed E-state index contributed by atoms with van der Waals surface area (Å²) < 4.78 is 5.71. The summed E-state index contributed by atoms with van der Waals surface area (Å²) in [5, 5.41) is 22.3. The number of carboxylic acid groups (broad SMARTS) is 1. The van der Waals surface area contributed by atoms with Crippen LogP contribution < -0.4 is 10.1 Å². The number of aromatic hydroxyl groups is 1. The smallest absolute Gasteiger partial charge is 0.326 e. The number of nitrogens with zero attached hydrogens (tertiary/aromatic N) is 2. The van der Waals surface area contributed by atoms with Crippen molar-refractivity contribution in [2.75, 3.05) is 46.4 Å². The monoisotopic (exact) mass is 495 g/mol. The lowest BCUT2D eigenvalue weighted by molar-refractivity contribution is -0.139. The van der Waals surface area contributed by atoms with Gasteiger partial charge in [-0.05, 0) is 18.7 Å². The molecule has 0 aliphatic carbocycles. The molecule has 2 aromatic rings. The molecule has 3 N–H and O–H groups in total. The molecular weight excluding hydrogens is 469 g/mol. The van der Waals surface area contributed by atoms with Crippen LogP contribution in [0.3, 0.4) is 0 Å². The number of aliphatic carboxylic acids is 1. The second-order valence-corrected chi connectivity index (χ2v) is 8.73. The van der Waals surface area contributed by atoms with Gasteiger partial charge in [-0.1, -0.05) is 53.5 Å². The molecule has 1 atom stereocenters. The summed E-state index contributed by atoms with van der Waals surface area (Å²) >= 11 is 12.5. The summed E-state index contributed by atoms with van der Waals surface area (Å²) in [6.45, 7) is 4.80. The molecule has 1 fully saturated rings. The van der Waals surface area contributed by atoms with E-state index in [1.165, 1.54) is 6.07 Å². The molecule has 0 saturated carbocycles. The minimum atomic E-state index is -1.20. The highest BCUT2D eigenvalue weighted by atomic mass is 35.5. The molecule has 1 heterocycles. The molecule has 1 amide bonds. The molecule has 8 nitrogen and oxygen atoms in total. The fraction of sp³-hybridized carbons (Fsp3) is 0.391. The summed E-state index contributed by atoms with van der Waals surface area (Å²) in [5.74, 6) is -2.44. The molecule has 0 aromatic heterocycles. The van der Waals surface area contributed by atoms with Gasteiger partial charge in [-0.25, -0.2) is 4.79 Å². The van der Waals surface area contributed by atoms with E-state index in [0.717, 1.165) is 31.7 Å². The number of phenols is 1. The predicted molar refractivity (Wildman–Crippen MR) is 127 cm³/mol. The van der Waals surface area contributed by atoms with Crippen LogP contribution >= 0.6 is 23.2 Å². The number of phenolic OH excluding ortho intramolecular Hbond substituents is 1. The quantitative estimate of drug-likeness (QED) is 0.491. The van der Waals surface area contributed by atoms with E-state index < -0.39 is 23.7 Å². The van der Waals surface area contributed by atoms with Gasteiger partial charge >= 0.3 is 5.97 Å². The van der Waals surface area contributed by atoms with Crippen LogP contribution in [0.1, 0.15) is 15.9 Å². The number of likely N-dealkylation sites (N-methyl/N-ethyl adjacent to an activating group) is 1. The lowest BCUT2D eigenvalue weighted by atomic mass is 10.1. The van der Waals surface area contributed by atoms with Crippen LogP contribution in [0.2, 0.25) is 10.0 Å². The van der Waals surface area contributed by atoms with Crippen molar-refractivity contribution < 1.29 is 24.5 Å². The van der Waals surface area contributed by atoms with E-state index in [9.17, 15) is 19.8 Å². The highest BCUT2D eigenvalue weighted by molar-refractivity contribution is 6.39. The summed E-state index contributed by atoms with van der Waals surface area (Å²) in [7, 11) is 2.08. The molecule has 1 aliphatic rings. The standard InChI is InChI=1S/C23H27Cl2N3O5/c1-27-7-9-28(10-8-27)11-12-33-21-17(24)14-16(20(29)19(21)25)22(30)26-18(23(31)32)13-15-5-3-2-4-6-15/h2-6,14,18,29H,7-13H2,1H3,(H,26,30)(H,31,32). The first-order chi connectivity index (χ1) is 15.8. The number of nitrogens with one attached hydrogen (secondary N) is 1. The number of amides is 1. The van der Waals surface area contributed by atoms with Gasteiger partial charge in [0.25, 0.3) is 5.91 Å². The molecule has 178 valence electrons. The van der Waals surface area contributed by atoms with E-state index in [-0.39, 0.29) is 27.8 Å². The topological polar surface area (TPSA) is 102 Å². The third-order valence-corrected chi connectivity index (χ3v) is 6.16. The van der Waals surface area contributed by atoms with Crippen molar-refractivity contribution in [3.05, 3.63) is 57.6 Å². The number of carbonyl (C=O) groups excluding carboxylic acids is 1. The first-order valence-electron chi connectivity index (χ1n) is 10.6. The van der Waals surface area contributed by atoms with E-state index >= 15 is 0 Å². The van der Waals surface area contributed by atoms with Gasteiger partial charge in [0, 0.05) is 39.1 Å². The summed E-state index contributed by atoms with van der Waals surface area (Å²) in [5.41, 5.74) is 0.519. The third kappa shape index (κ3) is 6.74. The molecule has 0 radical (unpaired) electrons. The molecule has 1 aliphatic heterocycles. The number of rotatable bonds is 9. The zero-order valence-electron chi connectivity index (χ0n) is 18.3. The summed E-state index contributed by atoms with van der Waals surface area (Å²) in [6.07, 6.45) is 0.0810. The molecule has 3 rings (SSSR count). The molecular formula is C23H27Cl2N3O5. The Morgan fingerprint density at radius 1 is 1.15 bits per heavy atom. The Hall–Kier alpha value is -2.52. The molecule has 10 heteroatoms. The first kappa shape index (κ1) is 25.1. The number of hydrogen-bond donors (Lipinski definition) is 3. The van der Waals surface area contributed by atoms with Gasteiger partial charge in [-0.3, -0.25) is 9.69 Å². The van der Waals surface area contributed by atoms with Crippen molar-refractivity contribution in [2.24, 2.45) is 0 Å². The third-order valence-electron chi connectivity index (χ3n) is 5.53. The Labute approximate surface area is 202 Å². The number of carbonyl (C=O) groups is 2. The largest absolute Gasteiger partial charge is 0.505 e. The maximum atomic E-state index is 12.7. The number of hydrogen-bond acceptors (Lipinski definition) is 6. The van der Waals surface area contributed by atoms with Gasteiger partial charge in [-0.2, -0.15) is 0 Å². The Kier molecular flexibility index (Phi) is 8.80. The number of benzene rings is 2. The van der Waals surface area contributed by atoms with Crippen LogP contribution in [0.4, 0.5) is 0 Å². The Morgan fingerprint density at radius 2 is 1.82 bits per heavy atom. The molecule has 2 aromatic carbocycles. The van der Waals surface area contributed by atoms with Gasteiger partial charge in [0.15, 0.2) is 11.5 Å². The second kappa shape index (κ2) is 11.6. The van der Waals surface area contributed by atoms with Crippen LogP contribution in [-0.4, -0.2) is 84.3 Å². The van der Waals surface area contributed by atoms with Gasteiger partial charge in [-0.15, -0.1) is 0 Å². The van der Waals surface area contributed by atoms with Gasteiger partial charge in [0.2, 0.25) is 0 Å². The van der Waals surface area contributed by atoms with E-state index in [0.29, 0.717) is 13.2 Å². The Balaban J connectivity index is 1.66. The SMILES string of the molecule is CN1CCN(CCOc2c(Cl)cc(C(=O)NC(Cc3ccccc3)C(=O)O)c(O)c2Cl)CC1. The fourth-order valence-electron chi connectivity index (χ4n) is 3.53. The molecule has 33 heavy (non-hydrogen) atoms. The van der Waals surface area contributed by atoms with Gasteiger partial charge < -0.3 is 25.2 Å². The minimum absolute atomic E-state index is 0.0521. The summed E-state index contributed by atoms with van der Waals surface area (Å²) in [6, 6.07) is 8.94. The zero-order chi connectivity index (χ0) is 24.0. The average Bonchev–Trinajstić information content (AvgIpc) is 2.79. The highest BCUT2D eigenvalue weighted by Gasteiger charge is 2.26. The van der Waals surface area contributed by atoms with Crippen molar-refractivity contribution in [3.63, 3.8) is 0 Å². The number of ether oxygens (including phenoxy) is 1. The Bertz CT molecular complexity index is 982. The van der Waals surface area contributed by atoms with Crippen molar-refractivity contribution in [1.82, 2.24) is 15.1 Å². The van der Waals surface area contributed by atoms with Crippen molar-refractivity contribution in [2.45, 2.75) is 12.5 Å². The number of carboxylic acids is 1. The minimum Gasteiger partial charge on any atom is -0.505 e. The van der Waals surface area contributed by atoms with Crippen molar-refractivity contribution >= 4 is 35.1 Å². The van der Waals surface area contributed by atoms with E-state index in [1.54, 1.807) is 24.3 Å². The average molecular weight is 496 g/mol. The van der Waals surface area contributed by atoms with Crippen LogP contribution in [0, 0.1) is 0 Å². The van der Waals surface area contributed by atoms with E-state index in [2.05, 4.69) is 22.2 Å².